The maximum atomic E-state index is 12.7. The summed E-state index contributed by atoms with van der Waals surface area (Å²) in [4.78, 5) is 19.4. The number of rotatable bonds is 5. The van der Waals surface area contributed by atoms with E-state index < -0.39 is 0 Å². The van der Waals surface area contributed by atoms with Gasteiger partial charge in [-0.05, 0) is 30.2 Å². The van der Waals surface area contributed by atoms with Crippen molar-refractivity contribution in [1.29, 1.82) is 0 Å². The molecule has 2 heterocycles. The van der Waals surface area contributed by atoms with E-state index >= 15 is 0 Å². The summed E-state index contributed by atoms with van der Waals surface area (Å²) in [5, 5.41) is 8.20. The van der Waals surface area contributed by atoms with E-state index in [-0.39, 0.29) is 18.1 Å². The van der Waals surface area contributed by atoms with Gasteiger partial charge in [0, 0.05) is 35.8 Å². The Balaban J connectivity index is 1.25. The molecule has 0 atom stereocenters. The number of pyridine rings is 1. The van der Waals surface area contributed by atoms with Crippen LogP contribution in [-0.2, 0) is 0 Å². The lowest BCUT2D eigenvalue weighted by atomic mass is 9.93. The zero-order valence-electron chi connectivity index (χ0n) is 18.0. The number of urea groups is 1. The number of nitrogens with one attached hydrogen (secondary N) is 2. The van der Waals surface area contributed by atoms with Crippen LogP contribution in [0, 0.1) is 6.92 Å². The summed E-state index contributed by atoms with van der Waals surface area (Å²) in [6.07, 6.45) is 1.78. The Morgan fingerprint density at radius 1 is 0.875 bits per heavy atom. The molecule has 1 fully saturated rings. The highest BCUT2D eigenvalue weighted by Gasteiger charge is 2.34. The van der Waals surface area contributed by atoms with Crippen LogP contribution in [0.2, 0.25) is 0 Å². The summed E-state index contributed by atoms with van der Waals surface area (Å²) in [5.74, 6) is 0. The summed E-state index contributed by atoms with van der Waals surface area (Å²) in [6, 6.07) is 29.0. The molecule has 5 rings (SSSR count). The molecule has 0 spiro atoms. The van der Waals surface area contributed by atoms with Crippen LogP contribution >= 0.6 is 0 Å². The molecule has 0 unspecified atom stereocenters. The van der Waals surface area contributed by atoms with Crippen LogP contribution in [0.15, 0.2) is 91.1 Å². The molecule has 1 aliphatic heterocycles. The third-order valence-corrected chi connectivity index (χ3v) is 6.09. The van der Waals surface area contributed by atoms with E-state index in [1.807, 2.05) is 43.3 Å². The molecule has 160 valence electrons. The zero-order valence-corrected chi connectivity index (χ0v) is 18.0. The zero-order chi connectivity index (χ0) is 21.9. The smallest absolute Gasteiger partial charge is 0.319 e. The first-order chi connectivity index (χ1) is 15.7. The molecule has 0 saturated carbocycles. The van der Waals surface area contributed by atoms with Gasteiger partial charge in [0.25, 0.3) is 0 Å². The highest BCUT2D eigenvalue weighted by molar-refractivity contribution is 6.02. The number of amides is 2. The first-order valence-electron chi connectivity index (χ1n) is 10.9. The molecule has 3 aromatic carbocycles. The Morgan fingerprint density at radius 2 is 1.53 bits per heavy atom. The molecule has 2 amide bonds. The monoisotopic (exact) mass is 422 g/mol. The number of aryl methyl sites for hydroxylation is 1. The van der Waals surface area contributed by atoms with E-state index in [2.05, 4.69) is 69.0 Å². The molecule has 1 aromatic heterocycles. The van der Waals surface area contributed by atoms with Gasteiger partial charge in [-0.3, -0.25) is 9.88 Å². The average Bonchev–Trinajstić information content (AvgIpc) is 2.80. The highest BCUT2D eigenvalue weighted by Crippen LogP contribution is 2.32. The molecule has 0 radical (unpaired) electrons. The minimum Gasteiger partial charge on any atom is -0.333 e. The summed E-state index contributed by atoms with van der Waals surface area (Å²) in [7, 11) is 0. The Hall–Kier alpha value is -3.70. The van der Waals surface area contributed by atoms with Crippen molar-refractivity contribution in [2.24, 2.45) is 0 Å². The number of carbonyl (C=O) groups is 1. The van der Waals surface area contributed by atoms with Crippen LogP contribution < -0.4 is 10.6 Å². The fraction of sp³-hybridized carbons (Fsp3) is 0.185. The van der Waals surface area contributed by atoms with E-state index in [1.165, 1.54) is 11.1 Å². The lowest BCUT2D eigenvalue weighted by molar-refractivity contribution is 0.0986. The quantitative estimate of drug-likeness (QED) is 0.468. The van der Waals surface area contributed by atoms with Gasteiger partial charge in [0.1, 0.15) is 0 Å². The molecular weight excluding hydrogens is 396 g/mol. The van der Waals surface area contributed by atoms with Crippen molar-refractivity contribution in [2.45, 2.75) is 19.0 Å². The Morgan fingerprint density at radius 3 is 2.19 bits per heavy atom. The van der Waals surface area contributed by atoms with Crippen molar-refractivity contribution in [3.63, 3.8) is 0 Å². The van der Waals surface area contributed by atoms with E-state index in [9.17, 15) is 4.79 Å². The number of hydrogen-bond acceptors (Lipinski definition) is 3. The highest BCUT2D eigenvalue weighted by atomic mass is 16.2. The minimum atomic E-state index is -0.174. The summed E-state index contributed by atoms with van der Waals surface area (Å²) in [6.45, 7) is 3.59. The van der Waals surface area contributed by atoms with Crippen LogP contribution in [0.1, 0.15) is 22.9 Å². The van der Waals surface area contributed by atoms with Gasteiger partial charge >= 0.3 is 6.03 Å². The van der Waals surface area contributed by atoms with E-state index in [1.54, 1.807) is 6.20 Å². The normalized spacial score (nSPS) is 14.3. The van der Waals surface area contributed by atoms with Crippen molar-refractivity contribution in [2.75, 3.05) is 18.4 Å². The van der Waals surface area contributed by atoms with Crippen LogP contribution in [0.4, 0.5) is 10.5 Å². The Labute approximate surface area is 188 Å². The second kappa shape index (κ2) is 8.81. The van der Waals surface area contributed by atoms with Crippen LogP contribution in [0.25, 0.3) is 10.8 Å². The Bertz CT molecular complexity index is 1180. The van der Waals surface area contributed by atoms with Gasteiger partial charge < -0.3 is 10.6 Å². The van der Waals surface area contributed by atoms with Gasteiger partial charge in [0.05, 0.1) is 17.8 Å². The third kappa shape index (κ3) is 4.07. The first kappa shape index (κ1) is 20.2. The van der Waals surface area contributed by atoms with Crippen molar-refractivity contribution < 1.29 is 4.79 Å². The molecule has 5 nitrogen and oxygen atoms in total. The fourth-order valence-corrected chi connectivity index (χ4v) is 4.51. The molecule has 5 heteroatoms. The number of anilines is 1. The van der Waals surface area contributed by atoms with Gasteiger partial charge in [-0.15, -0.1) is 0 Å². The molecule has 4 aromatic rings. The van der Waals surface area contributed by atoms with Gasteiger partial charge in [-0.25, -0.2) is 4.79 Å². The van der Waals surface area contributed by atoms with Gasteiger partial charge in [-0.2, -0.15) is 0 Å². The van der Waals surface area contributed by atoms with Gasteiger partial charge in [-0.1, -0.05) is 72.8 Å². The van der Waals surface area contributed by atoms with Gasteiger partial charge in [0.15, 0.2) is 0 Å². The first-order valence-corrected chi connectivity index (χ1v) is 10.9. The number of nitrogens with zero attached hydrogens (tertiary/aromatic N) is 2. The van der Waals surface area contributed by atoms with E-state index in [0.29, 0.717) is 0 Å². The number of likely N-dealkylation sites (tertiary alicyclic amines) is 1. The number of benzene rings is 3. The molecule has 0 aliphatic carbocycles. The summed E-state index contributed by atoms with van der Waals surface area (Å²) < 4.78 is 0. The second-order valence-electron chi connectivity index (χ2n) is 8.27. The topological polar surface area (TPSA) is 57.3 Å². The standard InChI is InChI=1S/C27H26N4O/c1-19-23-13-8-14-25(24(23)15-16-28-19)30-27(32)29-22-17-31(18-22)26(20-9-4-2-5-10-20)21-11-6-3-7-12-21/h2-16,22,26H,17-18H2,1H3,(H2,29,30,32). The van der Waals surface area contributed by atoms with Crippen molar-refractivity contribution >= 4 is 22.5 Å². The molecule has 1 aliphatic rings. The molecule has 32 heavy (non-hydrogen) atoms. The number of carbonyl (C=O) groups excluding carboxylic acids is 1. The maximum Gasteiger partial charge on any atom is 0.319 e. The van der Waals surface area contributed by atoms with Crippen molar-refractivity contribution in [3.8, 4) is 0 Å². The molecular formula is C27H26N4O. The lowest BCUT2D eigenvalue weighted by Gasteiger charge is -2.45. The summed E-state index contributed by atoms with van der Waals surface area (Å²) >= 11 is 0. The average molecular weight is 423 g/mol. The largest absolute Gasteiger partial charge is 0.333 e. The maximum absolute atomic E-state index is 12.7. The van der Waals surface area contributed by atoms with Crippen LogP contribution in [0.5, 0.6) is 0 Å². The van der Waals surface area contributed by atoms with Crippen molar-refractivity contribution in [3.05, 3.63) is 108 Å². The molecule has 2 N–H and O–H groups in total. The SMILES string of the molecule is Cc1nccc2c(NC(=O)NC3CN(C(c4ccccc4)c4ccccc4)C3)cccc12. The predicted octanol–water partition coefficient (Wildman–Crippen LogP) is 5.14. The molecule has 0 bridgehead atoms. The molecule has 1 saturated heterocycles. The Kier molecular flexibility index (Phi) is 5.57. The second-order valence-corrected chi connectivity index (χ2v) is 8.27. The van der Waals surface area contributed by atoms with Crippen LogP contribution in [-0.4, -0.2) is 35.0 Å². The van der Waals surface area contributed by atoms with E-state index in [4.69, 9.17) is 0 Å². The number of hydrogen-bond donors (Lipinski definition) is 2. The minimum absolute atomic E-state index is 0.114. The summed E-state index contributed by atoms with van der Waals surface area (Å²) in [5.41, 5.74) is 4.28. The lowest BCUT2D eigenvalue weighted by Crippen LogP contribution is -2.60. The van der Waals surface area contributed by atoms with E-state index in [0.717, 1.165) is 35.2 Å². The number of fused-ring (bicyclic) bond motifs is 1. The predicted molar refractivity (Wildman–Crippen MR) is 129 cm³/mol. The fourth-order valence-electron chi connectivity index (χ4n) is 4.51. The number of aromatic nitrogens is 1. The van der Waals surface area contributed by atoms with Gasteiger partial charge in [0.2, 0.25) is 0 Å². The van der Waals surface area contributed by atoms with Crippen molar-refractivity contribution in [1.82, 2.24) is 15.2 Å². The third-order valence-electron chi connectivity index (χ3n) is 6.09. The van der Waals surface area contributed by atoms with Crippen LogP contribution in [0.3, 0.4) is 0 Å².